The quantitative estimate of drug-likeness (QED) is 0.540. The van der Waals surface area contributed by atoms with Gasteiger partial charge in [-0.05, 0) is 31.1 Å². The van der Waals surface area contributed by atoms with E-state index in [1.54, 1.807) is 7.11 Å². The van der Waals surface area contributed by atoms with Crippen molar-refractivity contribution >= 4 is 8.32 Å². The summed E-state index contributed by atoms with van der Waals surface area (Å²) in [6.45, 7) is 8.79. The summed E-state index contributed by atoms with van der Waals surface area (Å²) >= 11 is 0. The van der Waals surface area contributed by atoms with E-state index in [4.69, 9.17) is 13.9 Å². The molecule has 0 aromatic rings. The average molecular weight is 258 g/mol. The molecule has 3 atom stereocenters. The Morgan fingerprint density at radius 1 is 1.12 bits per heavy atom. The lowest BCUT2D eigenvalue weighted by Crippen LogP contribution is -2.45. The summed E-state index contributed by atoms with van der Waals surface area (Å²) < 4.78 is 17.3. The van der Waals surface area contributed by atoms with Gasteiger partial charge in [0.15, 0.2) is 14.6 Å². The van der Waals surface area contributed by atoms with Gasteiger partial charge in [0, 0.05) is 7.11 Å². The predicted octanol–water partition coefficient (Wildman–Crippen LogP) is 3.32. The van der Waals surface area contributed by atoms with E-state index in [9.17, 15) is 0 Å². The first-order valence-electron chi connectivity index (χ1n) is 6.65. The van der Waals surface area contributed by atoms with Crippen molar-refractivity contribution in [1.29, 1.82) is 0 Å². The summed E-state index contributed by atoms with van der Waals surface area (Å²) in [5, 5.41) is 0. The van der Waals surface area contributed by atoms with E-state index < -0.39 is 8.32 Å². The molecule has 1 aliphatic heterocycles. The minimum atomic E-state index is -1.55. The predicted molar refractivity (Wildman–Crippen MR) is 72.6 cm³/mol. The summed E-state index contributed by atoms with van der Waals surface area (Å²) in [5.74, 6) is 0. The molecule has 0 saturated carbocycles. The first-order valence-corrected chi connectivity index (χ1v) is 9.18. The molecule has 17 heavy (non-hydrogen) atoms. The molecule has 0 bridgehead atoms. The summed E-state index contributed by atoms with van der Waals surface area (Å²) in [6.07, 6.45) is 4.00. The van der Waals surface area contributed by atoms with Crippen LogP contribution in [-0.2, 0) is 13.9 Å². The van der Waals surface area contributed by atoms with Crippen molar-refractivity contribution in [2.75, 3.05) is 7.11 Å². The lowest BCUT2D eigenvalue weighted by Gasteiger charge is -2.37. The molecular weight excluding hydrogens is 232 g/mol. The maximum atomic E-state index is 6.40. The molecule has 0 saturated heterocycles. The third-order valence-electron chi connectivity index (χ3n) is 3.82. The molecule has 0 aromatic heterocycles. The van der Waals surface area contributed by atoms with Crippen LogP contribution in [0.3, 0.4) is 0 Å². The Hall–Kier alpha value is -0.163. The molecule has 0 N–H and O–H groups in total. The highest BCUT2D eigenvalue weighted by atomic mass is 28.4. The topological polar surface area (TPSA) is 27.7 Å². The Kier molecular flexibility index (Phi) is 5.86. The van der Waals surface area contributed by atoms with Crippen LogP contribution < -0.4 is 0 Å². The summed E-state index contributed by atoms with van der Waals surface area (Å²) in [7, 11) is 0.108. The van der Waals surface area contributed by atoms with Gasteiger partial charge in [-0.1, -0.05) is 26.8 Å². The molecule has 0 radical (unpaired) electrons. The molecule has 1 rings (SSSR count). The molecule has 100 valence electrons. The molecule has 3 nitrogen and oxygen atoms in total. The second-order valence-corrected chi connectivity index (χ2v) is 9.38. The molecule has 1 aliphatic rings. The maximum absolute atomic E-state index is 6.40. The van der Waals surface area contributed by atoms with Crippen LogP contribution >= 0.6 is 0 Å². The van der Waals surface area contributed by atoms with Gasteiger partial charge in [-0.25, -0.2) is 0 Å². The van der Waals surface area contributed by atoms with E-state index >= 15 is 0 Å². The highest BCUT2D eigenvalue weighted by Gasteiger charge is 2.35. The number of hydrogen-bond donors (Lipinski definition) is 0. The molecule has 1 heterocycles. The van der Waals surface area contributed by atoms with Gasteiger partial charge in [0.1, 0.15) is 0 Å². The van der Waals surface area contributed by atoms with Crippen LogP contribution in [0.15, 0.2) is 12.2 Å². The molecule has 0 aromatic carbocycles. The molecule has 0 spiro atoms. The number of ether oxygens (including phenoxy) is 2. The maximum Gasteiger partial charge on any atom is 0.193 e. The van der Waals surface area contributed by atoms with Crippen molar-refractivity contribution in [3.63, 3.8) is 0 Å². The summed E-state index contributed by atoms with van der Waals surface area (Å²) in [4.78, 5) is 0. The van der Waals surface area contributed by atoms with Gasteiger partial charge in [-0.15, -0.1) is 0 Å². The van der Waals surface area contributed by atoms with Gasteiger partial charge >= 0.3 is 0 Å². The first-order chi connectivity index (χ1) is 8.10. The number of methoxy groups -OCH3 is 1. The molecule has 0 aliphatic carbocycles. The Bertz CT molecular complexity index is 243. The second kappa shape index (κ2) is 6.68. The zero-order chi connectivity index (χ0) is 12.9. The average Bonchev–Trinajstić information content (AvgIpc) is 2.38. The van der Waals surface area contributed by atoms with E-state index in [0.717, 1.165) is 0 Å². The van der Waals surface area contributed by atoms with Crippen molar-refractivity contribution < 1.29 is 13.9 Å². The van der Waals surface area contributed by atoms with Crippen LogP contribution in [0.5, 0.6) is 0 Å². The van der Waals surface area contributed by atoms with Crippen molar-refractivity contribution in [1.82, 2.24) is 0 Å². The normalized spacial score (nSPS) is 29.6. The minimum Gasteiger partial charge on any atom is -0.408 e. The van der Waals surface area contributed by atoms with E-state index in [-0.39, 0.29) is 18.5 Å². The van der Waals surface area contributed by atoms with E-state index in [1.807, 2.05) is 6.08 Å². The molecular formula is C13H26O3Si. The lowest BCUT2D eigenvalue weighted by molar-refractivity contribution is -0.149. The van der Waals surface area contributed by atoms with Gasteiger partial charge in [0.05, 0.1) is 12.2 Å². The van der Waals surface area contributed by atoms with Crippen LogP contribution in [0, 0.1) is 0 Å². The third-order valence-corrected chi connectivity index (χ3v) is 8.46. The highest BCUT2D eigenvalue weighted by Crippen LogP contribution is 2.27. The Balaban J connectivity index is 2.68. The van der Waals surface area contributed by atoms with Crippen molar-refractivity contribution in [2.24, 2.45) is 0 Å². The fourth-order valence-electron chi connectivity index (χ4n) is 2.25. The molecule has 4 heteroatoms. The van der Waals surface area contributed by atoms with E-state index in [0.29, 0.717) is 0 Å². The zero-order valence-corrected chi connectivity index (χ0v) is 12.7. The lowest BCUT2D eigenvalue weighted by atomic mass is 10.2. The summed E-state index contributed by atoms with van der Waals surface area (Å²) in [5.41, 5.74) is 0. The van der Waals surface area contributed by atoms with Crippen LogP contribution in [0.4, 0.5) is 0 Å². The van der Waals surface area contributed by atoms with Crippen LogP contribution in [0.25, 0.3) is 0 Å². The van der Waals surface area contributed by atoms with Gasteiger partial charge < -0.3 is 13.9 Å². The standard InChI is InChI=1S/C13H26O3Si/c1-6-17(7-2,8-3)16-12-9-10-13(14-5)15-11(12)4/h9-13H,6-8H2,1-5H3. The number of hydrogen-bond acceptors (Lipinski definition) is 3. The Labute approximate surface area is 106 Å². The van der Waals surface area contributed by atoms with Crippen molar-refractivity contribution in [3.05, 3.63) is 12.2 Å². The molecule has 3 unspecified atom stereocenters. The molecule has 0 amide bonds. The van der Waals surface area contributed by atoms with Crippen LogP contribution in [0.1, 0.15) is 27.7 Å². The van der Waals surface area contributed by atoms with E-state index in [1.165, 1.54) is 18.1 Å². The number of rotatable bonds is 6. The minimum absolute atomic E-state index is 0.0708. The fourth-order valence-corrected chi connectivity index (χ4v) is 5.10. The van der Waals surface area contributed by atoms with E-state index in [2.05, 4.69) is 33.8 Å². The molecule has 0 fully saturated rings. The van der Waals surface area contributed by atoms with Gasteiger partial charge in [0.2, 0.25) is 0 Å². The van der Waals surface area contributed by atoms with Gasteiger partial charge in [0.25, 0.3) is 0 Å². The summed E-state index contributed by atoms with van der Waals surface area (Å²) in [6, 6.07) is 3.51. The Morgan fingerprint density at radius 3 is 2.12 bits per heavy atom. The SMILES string of the molecule is CC[Si](CC)(CC)OC1C=CC(OC)OC1C. The third kappa shape index (κ3) is 3.65. The van der Waals surface area contributed by atoms with Gasteiger partial charge in [-0.2, -0.15) is 0 Å². The van der Waals surface area contributed by atoms with Crippen molar-refractivity contribution in [2.45, 2.75) is 64.3 Å². The first kappa shape index (κ1) is 14.9. The van der Waals surface area contributed by atoms with Crippen LogP contribution in [0.2, 0.25) is 18.1 Å². The van der Waals surface area contributed by atoms with Crippen molar-refractivity contribution in [3.8, 4) is 0 Å². The smallest absolute Gasteiger partial charge is 0.193 e. The Morgan fingerprint density at radius 2 is 1.71 bits per heavy atom. The fraction of sp³-hybridized carbons (Fsp3) is 0.846. The highest BCUT2D eigenvalue weighted by molar-refractivity contribution is 6.73. The van der Waals surface area contributed by atoms with Crippen LogP contribution in [-0.4, -0.2) is 33.9 Å². The monoisotopic (exact) mass is 258 g/mol. The largest absolute Gasteiger partial charge is 0.408 e. The zero-order valence-electron chi connectivity index (χ0n) is 11.7. The van der Waals surface area contributed by atoms with Gasteiger partial charge in [-0.3, -0.25) is 0 Å². The second-order valence-electron chi connectivity index (χ2n) is 4.66.